The maximum Gasteiger partial charge on any atom is 0.297 e. The van der Waals surface area contributed by atoms with Gasteiger partial charge in [-0.25, -0.2) is 0 Å². The summed E-state index contributed by atoms with van der Waals surface area (Å²) in [6, 6.07) is 10.5. The maximum atomic E-state index is 11.7. The molecule has 1 N–H and O–H groups in total. The Morgan fingerprint density at radius 3 is 2.53 bits per heavy atom. The molecule has 2 rings (SSSR count). The molecule has 0 fully saturated rings. The lowest BCUT2D eigenvalue weighted by molar-refractivity contribution is -0.112. The van der Waals surface area contributed by atoms with Crippen molar-refractivity contribution in [2.75, 3.05) is 5.32 Å². The van der Waals surface area contributed by atoms with Crippen LogP contribution in [0.15, 0.2) is 46.3 Å². The summed E-state index contributed by atoms with van der Waals surface area (Å²) in [7, 11) is 0. The monoisotopic (exact) mass is 309 g/mol. The van der Waals surface area contributed by atoms with Gasteiger partial charge in [-0.3, -0.25) is 9.59 Å². The summed E-state index contributed by atoms with van der Waals surface area (Å²) >= 11 is 4.55. The number of carbonyl (C=O) groups is 2. The molecular formula is C12H8BrNO2S. The highest BCUT2D eigenvalue weighted by Gasteiger charge is 2.17. The number of halogens is 1. The van der Waals surface area contributed by atoms with Crippen LogP contribution in [0.2, 0.25) is 0 Å². The van der Waals surface area contributed by atoms with Gasteiger partial charge in [-0.2, -0.15) is 0 Å². The molecule has 0 aliphatic carbocycles. The third-order valence-electron chi connectivity index (χ3n) is 2.07. The molecule has 0 aliphatic rings. The van der Waals surface area contributed by atoms with E-state index in [4.69, 9.17) is 0 Å². The zero-order valence-corrected chi connectivity index (χ0v) is 11.0. The summed E-state index contributed by atoms with van der Waals surface area (Å²) in [6.45, 7) is 0. The summed E-state index contributed by atoms with van der Waals surface area (Å²) in [5, 5.41) is 4.33. The quantitative estimate of drug-likeness (QED) is 0.698. The SMILES string of the molecule is O=C(Nc1ccccc1Br)C(=O)c1cccs1. The molecule has 0 unspecified atom stereocenters. The van der Waals surface area contributed by atoms with Gasteiger partial charge in [0.15, 0.2) is 0 Å². The number of carbonyl (C=O) groups excluding carboxylic acids is 2. The molecule has 0 aliphatic heterocycles. The largest absolute Gasteiger partial charge is 0.318 e. The van der Waals surface area contributed by atoms with Gasteiger partial charge in [0.05, 0.1) is 10.6 Å². The Kier molecular flexibility index (Phi) is 3.71. The van der Waals surface area contributed by atoms with Crippen LogP contribution in [0.25, 0.3) is 0 Å². The Balaban J connectivity index is 2.13. The third kappa shape index (κ3) is 2.81. The lowest BCUT2D eigenvalue weighted by Gasteiger charge is -2.05. The van der Waals surface area contributed by atoms with Crippen molar-refractivity contribution in [1.82, 2.24) is 0 Å². The van der Waals surface area contributed by atoms with Gasteiger partial charge in [0.25, 0.3) is 11.7 Å². The molecule has 0 saturated heterocycles. The Morgan fingerprint density at radius 2 is 1.88 bits per heavy atom. The van der Waals surface area contributed by atoms with Crippen LogP contribution in [0, 0.1) is 0 Å². The van der Waals surface area contributed by atoms with Gasteiger partial charge in [0.1, 0.15) is 0 Å². The first-order valence-corrected chi connectivity index (χ1v) is 6.49. The third-order valence-corrected chi connectivity index (χ3v) is 3.63. The molecule has 0 bridgehead atoms. The summed E-state index contributed by atoms with van der Waals surface area (Å²) in [4.78, 5) is 23.8. The summed E-state index contributed by atoms with van der Waals surface area (Å²) < 4.78 is 0.743. The average molecular weight is 310 g/mol. The number of hydrogen-bond donors (Lipinski definition) is 1. The summed E-state index contributed by atoms with van der Waals surface area (Å²) in [5.74, 6) is -1.14. The fraction of sp³-hybridized carbons (Fsp3) is 0. The number of ketones is 1. The van der Waals surface area contributed by atoms with E-state index in [9.17, 15) is 9.59 Å². The van der Waals surface area contributed by atoms with Gasteiger partial charge in [0.2, 0.25) is 0 Å². The molecule has 3 nitrogen and oxygen atoms in total. The fourth-order valence-corrected chi connectivity index (χ4v) is 2.31. The number of hydrogen-bond acceptors (Lipinski definition) is 3. The molecule has 86 valence electrons. The van der Waals surface area contributed by atoms with E-state index in [0.29, 0.717) is 10.6 Å². The van der Waals surface area contributed by atoms with Crippen molar-refractivity contribution in [2.45, 2.75) is 0 Å². The van der Waals surface area contributed by atoms with Crippen LogP contribution in [0.3, 0.4) is 0 Å². The van der Waals surface area contributed by atoms with Crippen LogP contribution in [-0.2, 0) is 4.79 Å². The second-order valence-electron chi connectivity index (χ2n) is 3.24. The highest BCUT2D eigenvalue weighted by Crippen LogP contribution is 2.21. The number of rotatable bonds is 3. The smallest absolute Gasteiger partial charge is 0.297 e. The van der Waals surface area contributed by atoms with E-state index < -0.39 is 11.7 Å². The van der Waals surface area contributed by atoms with E-state index in [2.05, 4.69) is 21.2 Å². The fourth-order valence-electron chi connectivity index (χ4n) is 1.26. The minimum absolute atomic E-state index is 0.439. The van der Waals surface area contributed by atoms with Crippen molar-refractivity contribution in [1.29, 1.82) is 0 Å². The van der Waals surface area contributed by atoms with Crippen molar-refractivity contribution in [3.05, 3.63) is 51.1 Å². The van der Waals surface area contributed by atoms with Crippen molar-refractivity contribution in [3.8, 4) is 0 Å². The maximum absolute atomic E-state index is 11.7. The molecule has 1 amide bonds. The molecular weight excluding hydrogens is 302 g/mol. The number of amides is 1. The van der Waals surface area contributed by atoms with E-state index in [1.165, 1.54) is 11.3 Å². The topological polar surface area (TPSA) is 46.2 Å². The Bertz CT molecular complexity index is 551. The molecule has 0 spiro atoms. The van der Waals surface area contributed by atoms with Crippen LogP contribution in [0.1, 0.15) is 9.67 Å². The number of para-hydroxylation sites is 1. The molecule has 1 aromatic carbocycles. The number of nitrogens with one attached hydrogen (secondary N) is 1. The highest BCUT2D eigenvalue weighted by molar-refractivity contribution is 9.10. The molecule has 0 atom stereocenters. The standard InChI is InChI=1S/C12H8BrNO2S/c13-8-4-1-2-5-9(8)14-12(16)11(15)10-6-3-7-17-10/h1-7H,(H,14,16). The zero-order valence-electron chi connectivity index (χ0n) is 8.64. The van der Waals surface area contributed by atoms with E-state index in [1.807, 2.05) is 6.07 Å². The van der Waals surface area contributed by atoms with Crippen LogP contribution in [0.4, 0.5) is 5.69 Å². The van der Waals surface area contributed by atoms with Crippen molar-refractivity contribution < 1.29 is 9.59 Å². The lowest BCUT2D eigenvalue weighted by atomic mass is 10.2. The minimum atomic E-state index is -0.626. The predicted molar refractivity (Wildman–Crippen MR) is 71.4 cm³/mol. The Labute approximate surface area is 111 Å². The summed E-state index contributed by atoms with van der Waals surface area (Å²) in [5.41, 5.74) is 0.586. The normalized spacial score (nSPS) is 9.94. The number of thiophene rings is 1. The van der Waals surface area contributed by atoms with E-state index in [-0.39, 0.29) is 0 Å². The van der Waals surface area contributed by atoms with Gasteiger partial charge in [0, 0.05) is 4.47 Å². The van der Waals surface area contributed by atoms with Gasteiger partial charge in [-0.15, -0.1) is 11.3 Å². The Morgan fingerprint density at radius 1 is 1.12 bits per heavy atom. The van der Waals surface area contributed by atoms with Crippen molar-refractivity contribution in [3.63, 3.8) is 0 Å². The number of anilines is 1. The zero-order chi connectivity index (χ0) is 12.3. The van der Waals surface area contributed by atoms with Crippen molar-refractivity contribution in [2.24, 2.45) is 0 Å². The van der Waals surface area contributed by atoms with Crippen LogP contribution < -0.4 is 5.32 Å². The Hall–Kier alpha value is -1.46. The first kappa shape index (κ1) is 12.0. The van der Waals surface area contributed by atoms with Gasteiger partial charge < -0.3 is 5.32 Å². The second-order valence-corrected chi connectivity index (χ2v) is 5.04. The van der Waals surface area contributed by atoms with Gasteiger partial charge >= 0.3 is 0 Å². The molecule has 0 radical (unpaired) electrons. The average Bonchev–Trinajstić information content (AvgIpc) is 2.84. The minimum Gasteiger partial charge on any atom is -0.318 e. The van der Waals surface area contributed by atoms with E-state index in [1.54, 1.807) is 35.7 Å². The molecule has 5 heteroatoms. The number of Topliss-reactive ketones (excluding diaryl/α,β-unsaturated/α-hetero) is 1. The van der Waals surface area contributed by atoms with Crippen LogP contribution >= 0.6 is 27.3 Å². The summed E-state index contributed by atoms with van der Waals surface area (Å²) in [6.07, 6.45) is 0. The first-order valence-electron chi connectivity index (χ1n) is 4.82. The second kappa shape index (κ2) is 5.25. The molecule has 0 saturated carbocycles. The van der Waals surface area contributed by atoms with Gasteiger partial charge in [-0.1, -0.05) is 18.2 Å². The molecule has 1 aromatic heterocycles. The van der Waals surface area contributed by atoms with E-state index >= 15 is 0 Å². The predicted octanol–water partition coefficient (Wildman–Crippen LogP) is 3.33. The van der Waals surface area contributed by atoms with Crippen molar-refractivity contribution >= 4 is 44.6 Å². The number of benzene rings is 1. The van der Waals surface area contributed by atoms with Crippen LogP contribution in [-0.4, -0.2) is 11.7 Å². The van der Waals surface area contributed by atoms with Gasteiger partial charge in [-0.05, 0) is 39.5 Å². The molecule has 1 heterocycles. The lowest BCUT2D eigenvalue weighted by Crippen LogP contribution is -2.22. The highest BCUT2D eigenvalue weighted by atomic mass is 79.9. The van der Waals surface area contributed by atoms with Crippen LogP contribution in [0.5, 0.6) is 0 Å². The molecule has 2 aromatic rings. The first-order chi connectivity index (χ1) is 8.18. The molecule has 17 heavy (non-hydrogen) atoms. The van der Waals surface area contributed by atoms with E-state index in [0.717, 1.165) is 4.47 Å².